The lowest BCUT2D eigenvalue weighted by Gasteiger charge is -2.44. The minimum atomic E-state index is -0.536. The van der Waals surface area contributed by atoms with Crippen LogP contribution in [0.15, 0.2) is 54.6 Å². The van der Waals surface area contributed by atoms with Gasteiger partial charge in [0.1, 0.15) is 17.9 Å². The second-order valence-corrected chi connectivity index (χ2v) is 10.3. The normalized spacial score (nSPS) is 18.6. The highest BCUT2D eigenvalue weighted by atomic mass is 16.6. The second-order valence-electron chi connectivity index (χ2n) is 10.3. The molecule has 188 valence electrons. The molecule has 8 nitrogen and oxygen atoms in total. The first-order valence-electron chi connectivity index (χ1n) is 12.3. The number of para-hydroxylation sites is 2. The molecule has 0 unspecified atom stereocenters. The van der Waals surface area contributed by atoms with Crippen LogP contribution in [0.1, 0.15) is 45.6 Å². The number of alkyl carbamates (subject to hydrolysis) is 1. The third-order valence-corrected chi connectivity index (χ3v) is 6.41. The summed E-state index contributed by atoms with van der Waals surface area (Å²) in [4.78, 5) is 26.9. The minimum Gasteiger partial charge on any atom is -0.445 e. The number of benzene rings is 2. The largest absolute Gasteiger partial charge is 0.445 e. The molecule has 2 amide bonds. The molecule has 2 aliphatic heterocycles. The summed E-state index contributed by atoms with van der Waals surface area (Å²) in [6.07, 6.45) is 1.73. The van der Waals surface area contributed by atoms with Crippen molar-refractivity contribution in [3.8, 4) is 0 Å². The summed E-state index contributed by atoms with van der Waals surface area (Å²) in [5, 5.41) is 10.2. The molecule has 1 saturated heterocycles. The summed E-state index contributed by atoms with van der Waals surface area (Å²) in [6.45, 7) is 7.55. The molecular formula is C27H36N4O4. The average molecular weight is 481 g/mol. The highest BCUT2D eigenvalue weighted by molar-refractivity contribution is 5.76. The van der Waals surface area contributed by atoms with Crippen molar-refractivity contribution in [2.24, 2.45) is 5.92 Å². The Balaban J connectivity index is 1.40. The van der Waals surface area contributed by atoms with Crippen LogP contribution in [0, 0.1) is 5.92 Å². The van der Waals surface area contributed by atoms with Crippen LogP contribution in [0.4, 0.5) is 21.0 Å². The van der Waals surface area contributed by atoms with Crippen LogP contribution in [0.25, 0.3) is 0 Å². The Kier molecular flexibility index (Phi) is 7.38. The molecule has 1 atom stereocenters. The van der Waals surface area contributed by atoms with Crippen LogP contribution >= 0.6 is 0 Å². The third-order valence-electron chi connectivity index (χ3n) is 6.41. The molecule has 0 bridgehead atoms. The maximum atomic E-state index is 12.8. The summed E-state index contributed by atoms with van der Waals surface area (Å²) < 4.78 is 11.0. The smallest absolute Gasteiger partial charge is 0.410 e. The highest BCUT2D eigenvalue weighted by Crippen LogP contribution is 2.42. The van der Waals surface area contributed by atoms with Crippen LogP contribution in [0.2, 0.25) is 0 Å². The van der Waals surface area contributed by atoms with Crippen LogP contribution in [-0.4, -0.2) is 48.0 Å². The van der Waals surface area contributed by atoms with Crippen molar-refractivity contribution >= 4 is 23.6 Å². The van der Waals surface area contributed by atoms with Crippen molar-refractivity contribution in [1.29, 1.82) is 0 Å². The Bertz CT molecular complexity index is 996. The maximum absolute atomic E-state index is 12.8. The van der Waals surface area contributed by atoms with E-state index < -0.39 is 17.4 Å². The van der Waals surface area contributed by atoms with Gasteiger partial charge >= 0.3 is 12.2 Å². The maximum Gasteiger partial charge on any atom is 0.410 e. The number of hydrogen-bond acceptors (Lipinski definition) is 6. The number of anilines is 2. The summed E-state index contributed by atoms with van der Waals surface area (Å²) in [7, 11) is 0. The van der Waals surface area contributed by atoms with Gasteiger partial charge in [-0.2, -0.15) is 0 Å². The van der Waals surface area contributed by atoms with Crippen molar-refractivity contribution in [3.05, 3.63) is 60.2 Å². The lowest BCUT2D eigenvalue weighted by atomic mass is 9.83. The van der Waals surface area contributed by atoms with E-state index in [1.54, 1.807) is 4.90 Å². The third kappa shape index (κ3) is 6.38. The number of hydrogen-bond donors (Lipinski definition) is 3. The van der Waals surface area contributed by atoms with Gasteiger partial charge in [0.25, 0.3) is 0 Å². The van der Waals surface area contributed by atoms with Crippen molar-refractivity contribution in [3.63, 3.8) is 0 Å². The summed E-state index contributed by atoms with van der Waals surface area (Å²) in [5.41, 5.74) is 1.95. The van der Waals surface area contributed by atoms with Gasteiger partial charge in [0.2, 0.25) is 0 Å². The van der Waals surface area contributed by atoms with Gasteiger partial charge in [-0.15, -0.1) is 0 Å². The van der Waals surface area contributed by atoms with Crippen molar-refractivity contribution in [2.75, 3.05) is 30.3 Å². The molecule has 1 fully saturated rings. The Morgan fingerprint density at radius 3 is 2.37 bits per heavy atom. The number of amides is 2. The summed E-state index contributed by atoms with van der Waals surface area (Å²) in [5.74, 6) is 0.123. The number of fused-ring (bicyclic) bond motifs is 1. The van der Waals surface area contributed by atoms with E-state index >= 15 is 0 Å². The molecule has 8 heteroatoms. The fourth-order valence-corrected chi connectivity index (χ4v) is 4.75. The quantitative estimate of drug-likeness (QED) is 0.527. The van der Waals surface area contributed by atoms with Crippen LogP contribution < -0.4 is 16.0 Å². The minimum absolute atomic E-state index is 0.123. The first-order valence-corrected chi connectivity index (χ1v) is 12.3. The second kappa shape index (κ2) is 10.5. The molecule has 2 aromatic carbocycles. The predicted molar refractivity (Wildman–Crippen MR) is 136 cm³/mol. The lowest BCUT2D eigenvalue weighted by molar-refractivity contribution is 0.0131. The summed E-state index contributed by atoms with van der Waals surface area (Å²) in [6, 6.07) is 17.7. The fourth-order valence-electron chi connectivity index (χ4n) is 4.75. The molecule has 0 radical (unpaired) electrons. The lowest BCUT2D eigenvalue weighted by Crippen LogP contribution is -2.57. The number of ether oxygens (including phenoxy) is 2. The van der Waals surface area contributed by atoms with Gasteiger partial charge in [0.15, 0.2) is 0 Å². The standard InChI is InChI=1S/C27H36N4O4/c1-26(2,3)35-25(33)31-17-9-12-21(18-31)27(29-22-13-7-8-14-23(22)30-27)15-16-28-24(32)34-19-20-10-5-4-6-11-20/h4-8,10-11,13-14,21,29-30H,9,12,15-19H2,1-3H3,(H,28,32)/t21-/m1/s1. The van der Waals surface area contributed by atoms with E-state index in [0.29, 0.717) is 26.1 Å². The van der Waals surface area contributed by atoms with E-state index in [1.807, 2.05) is 75.4 Å². The number of nitrogens with zero attached hydrogens (tertiary/aromatic N) is 1. The topological polar surface area (TPSA) is 91.9 Å². The van der Waals surface area contributed by atoms with Gasteiger partial charge in [0.05, 0.1) is 11.4 Å². The van der Waals surface area contributed by atoms with Gasteiger partial charge < -0.3 is 30.3 Å². The van der Waals surface area contributed by atoms with Gasteiger partial charge in [-0.05, 0) is 51.3 Å². The van der Waals surface area contributed by atoms with E-state index in [4.69, 9.17) is 9.47 Å². The number of carbonyl (C=O) groups is 2. The number of piperidine rings is 1. The van der Waals surface area contributed by atoms with Gasteiger partial charge in [-0.25, -0.2) is 9.59 Å². The first-order chi connectivity index (χ1) is 16.7. The van der Waals surface area contributed by atoms with E-state index in [0.717, 1.165) is 29.8 Å². The van der Waals surface area contributed by atoms with Crippen LogP contribution in [-0.2, 0) is 16.1 Å². The van der Waals surface area contributed by atoms with E-state index in [2.05, 4.69) is 16.0 Å². The monoisotopic (exact) mass is 480 g/mol. The molecule has 2 heterocycles. The molecule has 2 aromatic rings. The van der Waals surface area contributed by atoms with Crippen molar-refractivity contribution < 1.29 is 19.1 Å². The van der Waals surface area contributed by atoms with E-state index in [-0.39, 0.29) is 18.6 Å². The molecule has 3 N–H and O–H groups in total. The zero-order valence-corrected chi connectivity index (χ0v) is 20.8. The number of nitrogens with one attached hydrogen (secondary N) is 3. The molecule has 0 saturated carbocycles. The zero-order chi connectivity index (χ0) is 24.9. The molecule has 0 aromatic heterocycles. The summed E-state index contributed by atoms with van der Waals surface area (Å²) >= 11 is 0. The van der Waals surface area contributed by atoms with E-state index in [9.17, 15) is 9.59 Å². The highest BCUT2D eigenvalue weighted by Gasteiger charge is 2.45. The fraction of sp³-hybridized carbons (Fsp3) is 0.481. The van der Waals surface area contributed by atoms with Gasteiger partial charge in [-0.1, -0.05) is 42.5 Å². The average Bonchev–Trinajstić information content (AvgIpc) is 3.22. The first kappa shape index (κ1) is 24.7. The van der Waals surface area contributed by atoms with Crippen molar-refractivity contribution in [1.82, 2.24) is 10.2 Å². The van der Waals surface area contributed by atoms with Gasteiger partial charge in [-0.3, -0.25) is 0 Å². The van der Waals surface area contributed by atoms with Crippen LogP contribution in [0.3, 0.4) is 0 Å². The van der Waals surface area contributed by atoms with Crippen molar-refractivity contribution in [2.45, 2.75) is 57.9 Å². The molecule has 0 aliphatic carbocycles. The molecule has 0 spiro atoms. The predicted octanol–water partition coefficient (Wildman–Crippen LogP) is 5.18. The molecule has 4 rings (SSSR count). The number of carbonyl (C=O) groups excluding carboxylic acids is 2. The number of likely N-dealkylation sites (tertiary alicyclic amines) is 1. The van der Waals surface area contributed by atoms with E-state index in [1.165, 1.54) is 0 Å². The van der Waals surface area contributed by atoms with Crippen LogP contribution in [0.5, 0.6) is 0 Å². The molecule has 2 aliphatic rings. The Labute approximate surface area is 207 Å². The number of rotatable bonds is 6. The Morgan fingerprint density at radius 1 is 1.06 bits per heavy atom. The SMILES string of the molecule is CC(C)(C)OC(=O)N1CCC[C@@H](C2(CCNC(=O)OCc3ccccc3)Nc3ccccc3N2)C1. The Hall–Kier alpha value is -3.42. The van der Waals surface area contributed by atoms with Gasteiger partial charge in [0, 0.05) is 32.0 Å². The Morgan fingerprint density at radius 2 is 1.71 bits per heavy atom. The zero-order valence-electron chi connectivity index (χ0n) is 20.8. The molecular weight excluding hydrogens is 444 g/mol. The molecule has 35 heavy (non-hydrogen) atoms.